The molecule has 2 aromatic carbocycles. The van der Waals surface area contributed by atoms with Gasteiger partial charge >= 0.3 is 0 Å². The Balaban J connectivity index is 2.06. The fourth-order valence-corrected chi connectivity index (χ4v) is 4.45. The molecule has 4 nitrogen and oxygen atoms in total. The molecule has 0 bridgehead atoms. The van der Waals surface area contributed by atoms with Crippen LogP contribution in [0.5, 0.6) is 0 Å². The summed E-state index contributed by atoms with van der Waals surface area (Å²) in [5.74, 6) is -0.310. The third-order valence-corrected chi connectivity index (χ3v) is 5.67. The molecule has 0 spiro atoms. The predicted octanol–water partition coefficient (Wildman–Crippen LogP) is 5.86. The molecule has 150 valence electrons. The summed E-state index contributed by atoms with van der Waals surface area (Å²) in [6.07, 6.45) is -0.883. The zero-order valence-corrected chi connectivity index (χ0v) is 20.8. The van der Waals surface area contributed by atoms with E-state index in [1.165, 1.54) is 0 Å². The molecule has 0 saturated heterocycles. The quantitative estimate of drug-likeness (QED) is 0.233. The summed E-state index contributed by atoms with van der Waals surface area (Å²) in [5, 5.41) is 8.72. The molecule has 0 fully saturated rings. The molecule has 10 heteroatoms. The molecule has 0 aliphatic heterocycles. The summed E-state index contributed by atoms with van der Waals surface area (Å²) in [5.41, 5.74) is 2.62. The Morgan fingerprint density at radius 3 is 2.21 bits per heavy atom. The van der Waals surface area contributed by atoms with E-state index in [9.17, 15) is 4.79 Å². The van der Waals surface area contributed by atoms with Gasteiger partial charge in [0, 0.05) is 8.95 Å². The second-order valence-corrected chi connectivity index (χ2v) is 10.4. The molecule has 0 heterocycles. The molecule has 1 unspecified atom stereocenters. The number of thiocarbonyl (C=S) groups is 1. The van der Waals surface area contributed by atoms with E-state index < -0.39 is 9.96 Å². The van der Waals surface area contributed by atoms with Crippen molar-refractivity contribution < 1.29 is 4.79 Å². The lowest BCUT2D eigenvalue weighted by atomic mass is 10.1. The van der Waals surface area contributed by atoms with Gasteiger partial charge in [-0.25, -0.2) is 0 Å². The van der Waals surface area contributed by atoms with Crippen molar-refractivity contribution in [1.29, 1.82) is 0 Å². The van der Waals surface area contributed by atoms with Gasteiger partial charge in [0.2, 0.25) is 9.70 Å². The first kappa shape index (κ1) is 23.7. The van der Waals surface area contributed by atoms with Crippen molar-refractivity contribution in [3.05, 3.63) is 62.5 Å². The minimum atomic E-state index is -1.82. The lowest BCUT2D eigenvalue weighted by Gasteiger charge is -2.28. The first-order chi connectivity index (χ1) is 13.1. The highest BCUT2D eigenvalue weighted by atomic mass is 79.9. The van der Waals surface area contributed by atoms with Crippen molar-refractivity contribution in [2.24, 2.45) is 0 Å². The maximum atomic E-state index is 12.3. The zero-order valence-electron chi connectivity index (χ0n) is 14.5. The van der Waals surface area contributed by atoms with Crippen LogP contribution in [0.3, 0.4) is 0 Å². The number of alkyl halides is 3. The molecule has 0 aromatic heterocycles. The van der Waals surface area contributed by atoms with Gasteiger partial charge in [0.25, 0.3) is 0 Å². The minimum absolute atomic E-state index is 0.148. The van der Waals surface area contributed by atoms with Gasteiger partial charge in [0.1, 0.15) is 6.17 Å². The fraction of sp³-hybridized carbons (Fsp3) is 0.222. The van der Waals surface area contributed by atoms with Crippen LogP contribution in [0, 0.1) is 6.92 Å². The normalized spacial score (nSPS) is 12.2. The van der Waals surface area contributed by atoms with Crippen LogP contribution in [0.4, 0.5) is 5.69 Å². The first-order valence-corrected chi connectivity index (χ1v) is 11.1. The summed E-state index contributed by atoms with van der Waals surface area (Å²) in [4.78, 5) is 12.3. The Kier molecular flexibility index (Phi) is 8.85. The Morgan fingerprint density at radius 2 is 1.68 bits per heavy atom. The van der Waals surface area contributed by atoms with E-state index in [-0.39, 0.29) is 17.4 Å². The molecular formula is C18H16Br2Cl3N3OS. The second kappa shape index (κ2) is 10.5. The molecule has 2 aromatic rings. The van der Waals surface area contributed by atoms with Gasteiger partial charge in [0.05, 0.1) is 12.1 Å². The van der Waals surface area contributed by atoms with Gasteiger partial charge in [-0.05, 0) is 74.3 Å². The maximum absolute atomic E-state index is 12.3. The number of anilines is 1. The number of benzene rings is 2. The Bertz CT molecular complexity index is 840. The molecule has 1 atom stereocenters. The number of rotatable bonds is 5. The molecular weight excluding hydrogens is 572 g/mol. The zero-order chi connectivity index (χ0) is 20.9. The number of nitrogens with one attached hydrogen (secondary N) is 3. The highest BCUT2D eigenvalue weighted by Crippen LogP contribution is 2.33. The van der Waals surface area contributed by atoms with Gasteiger partial charge in [-0.3, -0.25) is 4.79 Å². The van der Waals surface area contributed by atoms with Gasteiger partial charge in [-0.2, -0.15) is 0 Å². The van der Waals surface area contributed by atoms with Crippen LogP contribution in [-0.2, 0) is 11.2 Å². The van der Waals surface area contributed by atoms with Crippen LogP contribution in [0.15, 0.2) is 51.4 Å². The summed E-state index contributed by atoms with van der Waals surface area (Å²) in [6.45, 7) is 1.97. The van der Waals surface area contributed by atoms with Crippen LogP contribution in [0.1, 0.15) is 11.1 Å². The average Bonchev–Trinajstić information content (AvgIpc) is 2.57. The highest BCUT2D eigenvalue weighted by Gasteiger charge is 2.34. The van der Waals surface area contributed by atoms with Gasteiger partial charge in [-0.15, -0.1) is 0 Å². The third kappa shape index (κ3) is 7.35. The fourth-order valence-electron chi connectivity index (χ4n) is 2.29. The van der Waals surface area contributed by atoms with E-state index in [1.807, 2.05) is 49.4 Å². The van der Waals surface area contributed by atoms with E-state index in [0.717, 1.165) is 20.1 Å². The van der Waals surface area contributed by atoms with Crippen LogP contribution < -0.4 is 16.0 Å². The van der Waals surface area contributed by atoms with Crippen LogP contribution in [-0.4, -0.2) is 21.0 Å². The van der Waals surface area contributed by atoms with Gasteiger partial charge in [-0.1, -0.05) is 65.1 Å². The molecule has 28 heavy (non-hydrogen) atoms. The lowest BCUT2D eigenvalue weighted by molar-refractivity contribution is -0.121. The molecule has 3 N–H and O–H groups in total. The van der Waals surface area contributed by atoms with Gasteiger partial charge in [0.15, 0.2) is 5.11 Å². The highest BCUT2D eigenvalue weighted by molar-refractivity contribution is 9.11. The van der Waals surface area contributed by atoms with Crippen molar-refractivity contribution in [2.45, 2.75) is 23.3 Å². The van der Waals surface area contributed by atoms with Crippen LogP contribution in [0.25, 0.3) is 0 Å². The standard InChI is InChI=1S/C18H16Br2Cl3N3OS/c1-10-7-12(19)15(13(20)8-10)25-17(28)26-16(18(21,22)23)24-14(27)9-11-5-3-2-4-6-11/h2-8,16H,9H2,1H3,(H,24,27)(H2,25,26,28). The summed E-state index contributed by atoms with van der Waals surface area (Å²) < 4.78 is -0.205. The average molecular weight is 589 g/mol. The van der Waals surface area contributed by atoms with E-state index in [2.05, 4.69) is 47.8 Å². The number of aryl methyl sites for hydroxylation is 1. The van der Waals surface area contributed by atoms with Crippen LogP contribution in [0.2, 0.25) is 0 Å². The molecule has 2 rings (SSSR count). The van der Waals surface area contributed by atoms with Crippen molar-refractivity contribution in [1.82, 2.24) is 10.6 Å². The third-order valence-electron chi connectivity index (χ3n) is 3.54. The van der Waals surface area contributed by atoms with E-state index in [1.54, 1.807) is 0 Å². The van der Waals surface area contributed by atoms with Crippen molar-refractivity contribution in [3.8, 4) is 0 Å². The summed E-state index contributed by atoms with van der Waals surface area (Å²) >= 11 is 30.4. The summed E-state index contributed by atoms with van der Waals surface area (Å²) in [7, 11) is 0. The monoisotopic (exact) mass is 585 g/mol. The van der Waals surface area contributed by atoms with Crippen LogP contribution >= 0.6 is 78.9 Å². The van der Waals surface area contributed by atoms with Crippen molar-refractivity contribution >= 4 is 95.6 Å². The smallest absolute Gasteiger partial charge is 0.228 e. The Morgan fingerprint density at radius 1 is 1.11 bits per heavy atom. The van der Waals surface area contributed by atoms with E-state index in [0.29, 0.717) is 5.69 Å². The number of carbonyl (C=O) groups excluding carboxylic acids is 1. The predicted molar refractivity (Wildman–Crippen MR) is 128 cm³/mol. The maximum Gasteiger partial charge on any atom is 0.228 e. The van der Waals surface area contributed by atoms with Crippen molar-refractivity contribution in [3.63, 3.8) is 0 Å². The molecule has 1 amide bonds. The molecule has 0 aliphatic carbocycles. The first-order valence-electron chi connectivity index (χ1n) is 7.99. The minimum Gasteiger partial charge on any atom is -0.339 e. The number of halogens is 5. The number of hydrogen-bond donors (Lipinski definition) is 3. The van der Waals surface area contributed by atoms with Gasteiger partial charge < -0.3 is 16.0 Å². The van der Waals surface area contributed by atoms with E-state index >= 15 is 0 Å². The molecule has 0 saturated carbocycles. The summed E-state index contributed by atoms with van der Waals surface area (Å²) in [6, 6.07) is 13.1. The Labute approximate surface area is 200 Å². The Hall–Kier alpha value is -0.570. The lowest BCUT2D eigenvalue weighted by Crippen LogP contribution is -2.56. The molecule has 0 aliphatic rings. The second-order valence-electron chi connectivity index (χ2n) is 5.91. The topological polar surface area (TPSA) is 53.2 Å². The number of carbonyl (C=O) groups is 1. The van der Waals surface area contributed by atoms with Crippen molar-refractivity contribution in [2.75, 3.05) is 5.32 Å². The number of hydrogen-bond acceptors (Lipinski definition) is 2. The largest absolute Gasteiger partial charge is 0.339 e. The molecule has 0 radical (unpaired) electrons. The SMILES string of the molecule is Cc1cc(Br)c(NC(=S)NC(NC(=O)Cc2ccccc2)C(Cl)(Cl)Cl)c(Br)c1. The van der Waals surface area contributed by atoms with E-state index in [4.69, 9.17) is 47.0 Å². The number of amides is 1.